The molecule has 1 atom stereocenters. The van der Waals surface area contributed by atoms with Crippen molar-refractivity contribution in [2.24, 2.45) is 5.92 Å². The highest BCUT2D eigenvalue weighted by molar-refractivity contribution is 6.03. The van der Waals surface area contributed by atoms with Crippen LogP contribution in [0.25, 0.3) is 0 Å². The first-order valence-corrected chi connectivity index (χ1v) is 12.3. The van der Waals surface area contributed by atoms with Gasteiger partial charge in [0.25, 0.3) is 0 Å². The van der Waals surface area contributed by atoms with Crippen LogP contribution in [-0.2, 0) is 44.6 Å². The van der Waals surface area contributed by atoms with Gasteiger partial charge >= 0.3 is 6.09 Å². The summed E-state index contributed by atoms with van der Waals surface area (Å²) in [5.41, 5.74) is 1.54. The molecule has 0 spiro atoms. The van der Waals surface area contributed by atoms with Gasteiger partial charge in [-0.25, -0.2) is 4.79 Å². The van der Waals surface area contributed by atoms with Crippen LogP contribution in [0.3, 0.4) is 0 Å². The summed E-state index contributed by atoms with van der Waals surface area (Å²) in [5.74, 6) is -0.675. The summed E-state index contributed by atoms with van der Waals surface area (Å²) >= 11 is 0. The van der Waals surface area contributed by atoms with Gasteiger partial charge in [-0.3, -0.25) is 19.3 Å². The van der Waals surface area contributed by atoms with Crippen molar-refractivity contribution in [3.63, 3.8) is 0 Å². The Labute approximate surface area is 216 Å². The zero-order valence-corrected chi connectivity index (χ0v) is 21.5. The third-order valence-corrected chi connectivity index (χ3v) is 5.38. The normalized spacial score (nSPS) is 15.2. The Bertz CT molecular complexity index is 863. The van der Waals surface area contributed by atoms with E-state index in [1.54, 1.807) is 31.2 Å². The number of hydrogen-bond donors (Lipinski definition) is 2. The maximum Gasteiger partial charge on any atom is 0.407 e. The molecule has 12 nitrogen and oxygen atoms in total. The molecule has 1 aliphatic rings. The summed E-state index contributed by atoms with van der Waals surface area (Å²) in [7, 11) is 1.30. The Hall–Kier alpha value is -3.06. The van der Waals surface area contributed by atoms with Gasteiger partial charge < -0.3 is 34.3 Å². The number of carbonyl (C=O) groups excluding carboxylic acids is 4. The van der Waals surface area contributed by atoms with Gasteiger partial charge in [0, 0.05) is 24.6 Å². The van der Waals surface area contributed by atoms with E-state index in [2.05, 4.69) is 15.4 Å². The quantitative estimate of drug-likeness (QED) is 0.215. The fraction of sp³-hybridized carbons (Fsp3) is 0.600. The lowest BCUT2D eigenvalue weighted by atomic mass is 10.1. The second-order valence-electron chi connectivity index (χ2n) is 8.28. The Morgan fingerprint density at radius 1 is 0.892 bits per heavy atom. The Morgan fingerprint density at radius 3 is 2.00 bits per heavy atom. The van der Waals surface area contributed by atoms with Gasteiger partial charge in [0.15, 0.2) is 0 Å². The Morgan fingerprint density at radius 2 is 1.46 bits per heavy atom. The van der Waals surface area contributed by atoms with Crippen molar-refractivity contribution in [1.29, 1.82) is 0 Å². The number of nitrogens with one attached hydrogen (secondary N) is 2. The molecule has 1 heterocycles. The van der Waals surface area contributed by atoms with Crippen LogP contribution in [0.4, 0.5) is 10.5 Å². The second-order valence-corrected chi connectivity index (χ2v) is 8.28. The van der Waals surface area contributed by atoms with E-state index < -0.39 is 6.09 Å². The first kappa shape index (κ1) is 30.2. The van der Waals surface area contributed by atoms with Crippen LogP contribution in [0.5, 0.6) is 0 Å². The molecular formula is C25H37N3O9. The van der Waals surface area contributed by atoms with Crippen LogP contribution >= 0.6 is 0 Å². The van der Waals surface area contributed by atoms with Gasteiger partial charge in [-0.2, -0.15) is 0 Å². The molecule has 1 aromatic rings. The van der Waals surface area contributed by atoms with Gasteiger partial charge in [0.1, 0.15) is 0 Å². The maximum atomic E-state index is 12.0. The molecule has 4 amide bonds. The molecule has 1 saturated heterocycles. The van der Waals surface area contributed by atoms with Crippen LogP contribution in [0, 0.1) is 5.92 Å². The number of imide groups is 1. The van der Waals surface area contributed by atoms with Crippen LogP contribution in [0.1, 0.15) is 25.3 Å². The lowest BCUT2D eigenvalue weighted by Gasteiger charge is -2.14. The SMILES string of the molecule is COC(=O)NCc1ccc(NC(=O)CCOCCOCCOCCOCCN2C(=O)CC(C)C2=O)cc1. The van der Waals surface area contributed by atoms with Crippen molar-refractivity contribution >= 4 is 29.5 Å². The molecule has 1 aliphatic heterocycles. The molecule has 1 aromatic carbocycles. The molecule has 2 rings (SSSR count). The van der Waals surface area contributed by atoms with Crippen molar-refractivity contribution in [3.8, 4) is 0 Å². The van der Waals surface area contributed by atoms with E-state index in [1.165, 1.54) is 12.0 Å². The number of ether oxygens (including phenoxy) is 5. The number of likely N-dealkylation sites (tertiary alicyclic amines) is 1. The van der Waals surface area contributed by atoms with Crippen LogP contribution in [0.15, 0.2) is 24.3 Å². The average Bonchev–Trinajstić information content (AvgIpc) is 3.13. The highest BCUT2D eigenvalue weighted by Crippen LogP contribution is 2.18. The van der Waals surface area contributed by atoms with E-state index in [0.717, 1.165) is 5.56 Å². The van der Waals surface area contributed by atoms with E-state index in [0.29, 0.717) is 58.5 Å². The number of anilines is 1. The largest absolute Gasteiger partial charge is 0.453 e. The van der Waals surface area contributed by atoms with Crippen molar-refractivity contribution in [2.45, 2.75) is 26.3 Å². The predicted molar refractivity (Wildman–Crippen MR) is 133 cm³/mol. The summed E-state index contributed by atoms with van der Waals surface area (Å²) in [4.78, 5) is 47.8. The van der Waals surface area contributed by atoms with E-state index in [4.69, 9.17) is 18.9 Å². The minimum absolute atomic E-state index is 0.135. The molecule has 2 N–H and O–H groups in total. The summed E-state index contributed by atoms with van der Waals surface area (Å²) < 4.78 is 26.1. The smallest absolute Gasteiger partial charge is 0.407 e. The number of amides is 4. The summed E-state index contributed by atoms with van der Waals surface area (Å²) in [6.07, 6.45) is -0.0103. The van der Waals surface area contributed by atoms with Gasteiger partial charge in [0.2, 0.25) is 17.7 Å². The zero-order chi connectivity index (χ0) is 26.9. The lowest BCUT2D eigenvalue weighted by Crippen LogP contribution is -2.33. The molecule has 0 aliphatic carbocycles. The zero-order valence-electron chi connectivity index (χ0n) is 21.5. The third kappa shape index (κ3) is 12.2. The summed E-state index contributed by atoms with van der Waals surface area (Å²) in [6, 6.07) is 7.12. The fourth-order valence-electron chi connectivity index (χ4n) is 3.34. The highest BCUT2D eigenvalue weighted by Gasteiger charge is 2.34. The van der Waals surface area contributed by atoms with Gasteiger partial charge in [0.05, 0.1) is 72.9 Å². The summed E-state index contributed by atoms with van der Waals surface area (Å²) in [6.45, 7) is 5.26. The van der Waals surface area contributed by atoms with Gasteiger partial charge in [-0.05, 0) is 17.7 Å². The van der Waals surface area contributed by atoms with E-state index >= 15 is 0 Å². The minimum Gasteiger partial charge on any atom is -0.453 e. The molecule has 0 bridgehead atoms. The number of methoxy groups -OCH3 is 1. The molecule has 1 fully saturated rings. The molecule has 0 saturated carbocycles. The summed E-state index contributed by atoms with van der Waals surface area (Å²) in [5, 5.41) is 5.37. The highest BCUT2D eigenvalue weighted by atomic mass is 16.6. The molecule has 0 radical (unpaired) electrons. The third-order valence-electron chi connectivity index (χ3n) is 5.38. The first-order valence-electron chi connectivity index (χ1n) is 12.3. The fourth-order valence-corrected chi connectivity index (χ4v) is 3.34. The number of rotatable bonds is 18. The van der Waals surface area contributed by atoms with Crippen molar-refractivity contribution < 1.29 is 42.9 Å². The molecule has 37 heavy (non-hydrogen) atoms. The lowest BCUT2D eigenvalue weighted by molar-refractivity contribution is -0.140. The van der Waals surface area contributed by atoms with E-state index in [1.807, 2.05) is 0 Å². The minimum atomic E-state index is -0.503. The van der Waals surface area contributed by atoms with Crippen molar-refractivity contribution in [2.75, 3.05) is 71.8 Å². The standard InChI is InChI=1S/C25H37N3O9/c1-19-17-23(30)28(24(19)31)8-10-35-12-14-37-16-15-36-13-11-34-9-7-22(29)27-21-5-3-20(4-6-21)18-26-25(32)33-2/h3-6,19H,7-18H2,1-2H3,(H,26,32)(H,27,29). The topological polar surface area (TPSA) is 142 Å². The number of carbonyl (C=O) groups is 4. The molecular weight excluding hydrogens is 486 g/mol. The first-order chi connectivity index (χ1) is 17.9. The number of benzene rings is 1. The Kier molecular flexibility index (Phi) is 14.2. The second kappa shape index (κ2) is 17.4. The molecule has 12 heteroatoms. The van der Waals surface area contributed by atoms with Crippen LogP contribution in [-0.4, -0.2) is 95.2 Å². The molecule has 1 unspecified atom stereocenters. The Balaban J connectivity index is 1.36. The van der Waals surface area contributed by atoms with E-state index in [9.17, 15) is 19.2 Å². The van der Waals surface area contributed by atoms with E-state index in [-0.39, 0.29) is 49.6 Å². The number of hydrogen-bond acceptors (Lipinski definition) is 9. The molecule has 0 aromatic heterocycles. The number of nitrogens with zero attached hydrogens (tertiary/aromatic N) is 1. The number of alkyl carbamates (subject to hydrolysis) is 1. The van der Waals surface area contributed by atoms with Gasteiger partial charge in [-0.15, -0.1) is 0 Å². The predicted octanol–water partition coefficient (Wildman–Crippen LogP) is 1.33. The maximum absolute atomic E-state index is 12.0. The monoisotopic (exact) mass is 523 g/mol. The van der Waals surface area contributed by atoms with Crippen molar-refractivity contribution in [3.05, 3.63) is 29.8 Å². The average molecular weight is 524 g/mol. The van der Waals surface area contributed by atoms with Gasteiger partial charge in [-0.1, -0.05) is 19.1 Å². The van der Waals surface area contributed by atoms with Crippen LogP contribution in [0.2, 0.25) is 0 Å². The van der Waals surface area contributed by atoms with Crippen molar-refractivity contribution in [1.82, 2.24) is 10.2 Å². The van der Waals surface area contributed by atoms with Crippen LogP contribution < -0.4 is 10.6 Å². The molecule has 206 valence electrons.